The Hall–Kier alpha value is -2.45. The van der Waals surface area contributed by atoms with Crippen LogP contribution in [-0.4, -0.2) is 18.2 Å². The quantitative estimate of drug-likeness (QED) is 0.413. The smallest absolute Gasteiger partial charge is 0.272 e. The fourth-order valence-corrected chi connectivity index (χ4v) is 5.17. The van der Waals surface area contributed by atoms with E-state index in [1.54, 1.807) is 4.68 Å². The highest BCUT2D eigenvalue weighted by molar-refractivity contribution is 7.92. The van der Waals surface area contributed by atoms with Crippen LogP contribution in [0.1, 0.15) is 5.56 Å². The number of anilines is 1. The van der Waals surface area contributed by atoms with Crippen molar-refractivity contribution in [1.29, 1.82) is 0 Å². The maximum atomic E-state index is 12.8. The van der Waals surface area contributed by atoms with E-state index in [0.717, 1.165) is 5.56 Å². The van der Waals surface area contributed by atoms with Crippen LogP contribution < -0.4 is 10.3 Å². The molecule has 0 fully saturated rings. The zero-order valence-electron chi connectivity index (χ0n) is 15.2. The van der Waals surface area contributed by atoms with Crippen molar-refractivity contribution in [2.75, 3.05) is 4.72 Å². The van der Waals surface area contributed by atoms with Crippen molar-refractivity contribution in [2.45, 2.75) is 11.4 Å². The molecule has 4 aromatic rings. The summed E-state index contributed by atoms with van der Waals surface area (Å²) in [7, 11) is -4.08. The summed E-state index contributed by atoms with van der Waals surface area (Å²) >= 11 is 18.3. The molecule has 0 bridgehead atoms. The standard InChI is InChI=1S/C20H14Cl3N3O3S/c21-14-7-4-8-18(19(14)23)30(28,29)25-16-9-13-17(10-15(16)22)26(24-20(13)27)11-12-5-2-1-3-6-12/h1-10,25H,11H2,(H,24,27). The molecule has 154 valence electrons. The van der Waals surface area contributed by atoms with Crippen molar-refractivity contribution in [3.8, 4) is 0 Å². The third-order valence-corrected chi connectivity index (χ3v) is 7.14. The van der Waals surface area contributed by atoms with E-state index in [-0.39, 0.29) is 31.2 Å². The van der Waals surface area contributed by atoms with Gasteiger partial charge in [0.1, 0.15) is 4.90 Å². The molecule has 4 rings (SSSR count). The van der Waals surface area contributed by atoms with E-state index < -0.39 is 10.0 Å². The van der Waals surface area contributed by atoms with Crippen LogP contribution in [0.3, 0.4) is 0 Å². The van der Waals surface area contributed by atoms with Crippen LogP contribution in [0.4, 0.5) is 5.69 Å². The molecule has 0 aliphatic heterocycles. The highest BCUT2D eigenvalue weighted by atomic mass is 35.5. The molecule has 0 saturated carbocycles. The summed E-state index contributed by atoms with van der Waals surface area (Å²) in [5.41, 5.74) is 1.24. The van der Waals surface area contributed by atoms with Crippen LogP contribution in [0.2, 0.25) is 15.1 Å². The van der Waals surface area contributed by atoms with E-state index in [9.17, 15) is 13.2 Å². The average Bonchev–Trinajstić information content (AvgIpc) is 2.99. The molecule has 1 heterocycles. The molecule has 6 nitrogen and oxygen atoms in total. The normalized spacial score (nSPS) is 11.7. The summed E-state index contributed by atoms with van der Waals surface area (Å²) in [5.74, 6) is 0. The largest absolute Gasteiger partial charge is 0.280 e. The summed E-state index contributed by atoms with van der Waals surface area (Å²) in [4.78, 5) is 12.3. The van der Waals surface area contributed by atoms with Crippen LogP contribution in [-0.2, 0) is 16.6 Å². The number of aromatic amines is 1. The second-order valence-electron chi connectivity index (χ2n) is 6.52. The van der Waals surface area contributed by atoms with Crippen LogP contribution in [0.15, 0.2) is 70.4 Å². The first kappa shape index (κ1) is 20.8. The van der Waals surface area contributed by atoms with Gasteiger partial charge in [-0.1, -0.05) is 71.2 Å². The molecule has 0 unspecified atom stereocenters. The fraction of sp³-hybridized carbons (Fsp3) is 0.0500. The number of hydrogen-bond donors (Lipinski definition) is 2. The number of halogens is 3. The Kier molecular flexibility index (Phi) is 5.55. The Bertz CT molecular complexity index is 1410. The first-order valence-electron chi connectivity index (χ1n) is 8.69. The van der Waals surface area contributed by atoms with Gasteiger partial charge in [0.15, 0.2) is 0 Å². The minimum atomic E-state index is -4.08. The second-order valence-corrected chi connectivity index (χ2v) is 9.36. The van der Waals surface area contributed by atoms with Crippen LogP contribution in [0.5, 0.6) is 0 Å². The van der Waals surface area contributed by atoms with Gasteiger partial charge in [0.25, 0.3) is 15.6 Å². The minimum Gasteiger partial charge on any atom is -0.280 e. The Morgan fingerprint density at radius 2 is 1.67 bits per heavy atom. The van der Waals surface area contributed by atoms with Gasteiger partial charge in [-0.2, -0.15) is 0 Å². The zero-order chi connectivity index (χ0) is 21.5. The van der Waals surface area contributed by atoms with E-state index in [1.165, 1.54) is 30.3 Å². The van der Waals surface area contributed by atoms with Crippen LogP contribution in [0, 0.1) is 0 Å². The summed E-state index contributed by atoms with van der Waals surface area (Å²) in [5, 5.41) is 3.19. The third kappa shape index (κ3) is 3.94. The molecule has 0 saturated heterocycles. The lowest BCUT2D eigenvalue weighted by Gasteiger charge is -2.12. The lowest BCUT2D eigenvalue weighted by Crippen LogP contribution is -2.14. The number of fused-ring (bicyclic) bond motifs is 1. The van der Waals surface area contributed by atoms with Crippen molar-refractivity contribution >= 4 is 61.4 Å². The monoisotopic (exact) mass is 481 g/mol. The average molecular weight is 483 g/mol. The van der Waals surface area contributed by atoms with Crippen LogP contribution in [0.25, 0.3) is 10.9 Å². The molecule has 2 N–H and O–H groups in total. The number of H-pyrrole nitrogens is 1. The molecule has 10 heteroatoms. The summed E-state index contributed by atoms with van der Waals surface area (Å²) in [6.07, 6.45) is 0. The minimum absolute atomic E-state index is 0.0585. The second kappa shape index (κ2) is 8.00. The SMILES string of the molecule is O=c1[nH]n(Cc2ccccc2)c2cc(Cl)c(NS(=O)(=O)c3cccc(Cl)c3Cl)cc12. The van der Waals surface area contributed by atoms with E-state index in [4.69, 9.17) is 34.8 Å². The topological polar surface area (TPSA) is 84.0 Å². The molecule has 30 heavy (non-hydrogen) atoms. The zero-order valence-corrected chi connectivity index (χ0v) is 18.3. The lowest BCUT2D eigenvalue weighted by molar-refractivity contribution is 0.601. The third-order valence-electron chi connectivity index (χ3n) is 4.49. The van der Waals surface area contributed by atoms with Crippen LogP contribution >= 0.6 is 34.8 Å². The maximum Gasteiger partial charge on any atom is 0.272 e. The highest BCUT2D eigenvalue weighted by Gasteiger charge is 2.22. The number of nitrogens with zero attached hydrogens (tertiary/aromatic N) is 1. The molecule has 0 aliphatic rings. The van der Waals surface area contributed by atoms with Gasteiger partial charge in [0.05, 0.1) is 38.2 Å². The summed E-state index contributed by atoms with van der Waals surface area (Å²) in [6, 6.07) is 16.8. The Balaban J connectivity index is 1.74. The van der Waals surface area contributed by atoms with Gasteiger partial charge in [-0.15, -0.1) is 0 Å². The molecule has 3 aromatic carbocycles. The van der Waals surface area contributed by atoms with Crippen molar-refractivity contribution in [3.05, 3.63) is 91.6 Å². The predicted molar refractivity (Wildman–Crippen MR) is 120 cm³/mol. The maximum absolute atomic E-state index is 12.8. The van der Waals surface area contributed by atoms with Crippen molar-refractivity contribution in [1.82, 2.24) is 9.78 Å². The van der Waals surface area contributed by atoms with Gasteiger partial charge in [-0.25, -0.2) is 8.42 Å². The van der Waals surface area contributed by atoms with E-state index >= 15 is 0 Å². The van der Waals surface area contributed by atoms with Gasteiger partial charge in [-0.3, -0.25) is 19.3 Å². The molecule has 0 spiro atoms. The first-order valence-corrected chi connectivity index (χ1v) is 11.3. The first-order chi connectivity index (χ1) is 14.3. The number of rotatable bonds is 5. The van der Waals surface area contributed by atoms with Crippen molar-refractivity contribution < 1.29 is 8.42 Å². The Morgan fingerprint density at radius 3 is 2.40 bits per heavy atom. The van der Waals surface area contributed by atoms with E-state index in [1.807, 2.05) is 30.3 Å². The molecule has 0 amide bonds. The fourth-order valence-electron chi connectivity index (χ4n) is 3.07. The number of benzene rings is 3. The molecule has 0 atom stereocenters. The Morgan fingerprint density at radius 1 is 0.933 bits per heavy atom. The van der Waals surface area contributed by atoms with Gasteiger partial charge in [-0.05, 0) is 29.8 Å². The predicted octanol–water partition coefficient (Wildman–Crippen LogP) is 5.14. The lowest BCUT2D eigenvalue weighted by atomic mass is 10.2. The molecule has 0 aliphatic carbocycles. The van der Waals surface area contributed by atoms with Gasteiger partial charge < -0.3 is 0 Å². The summed E-state index contributed by atoms with van der Waals surface area (Å²) < 4.78 is 29.6. The van der Waals surface area contributed by atoms with Crippen molar-refractivity contribution in [2.24, 2.45) is 0 Å². The van der Waals surface area contributed by atoms with Gasteiger partial charge in [0, 0.05) is 0 Å². The van der Waals surface area contributed by atoms with E-state index in [2.05, 4.69) is 9.82 Å². The number of aromatic nitrogens is 2. The molecule has 1 aromatic heterocycles. The van der Waals surface area contributed by atoms with E-state index in [0.29, 0.717) is 17.4 Å². The molecular formula is C20H14Cl3N3O3S. The number of hydrogen-bond acceptors (Lipinski definition) is 3. The summed E-state index contributed by atoms with van der Waals surface area (Å²) in [6.45, 7) is 0.430. The molecular weight excluding hydrogens is 469 g/mol. The van der Waals surface area contributed by atoms with Crippen molar-refractivity contribution in [3.63, 3.8) is 0 Å². The molecule has 0 radical (unpaired) electrons. The number of sulfonamides is 1. The van der Waals surface area contributed by atoms with Gasteiger partial charge in [0.2, 0.25) is 0 Å². The highest BCUT2D eigenvalue weighted by Crippen LogP contribution is 2.33. The Labute approximate surface area is 187 Å². The number of nitrogens with one attached hydrogen (secondary N) is 2. The van der Waals surface area contributed by atoms with Gasteiger partial charge >= 0.3 is 0 Å².